The zero-order valence-electron chi connectivity index (χ0n) is 29.9. The summed E-state index contributed by atoms with van der Waals surface area (Å²) in [6.45, 7) is 5.73. The van der Waals surface area contributed by atoms with Gasteiger partial charge in [-0.1, -0.05) is 50.3 Å². The number of fused-ring (bicyclic) bond motifs is 1. The standard InChI is InChI=1S/C42H46F2N6O3/c1-3-26-23-29(17-18-31(26)37(51)24-28(46)21-22-48-42(52)35(47)15-9-8-11-27(45)4-2)50-36-16-10-14-33-34(25-49-41(33)36)32-19-20-38(40(44)39(32)43)53-30-12-6-5-7-13-30/h4-7,10,12,14,16-20,23,25,30,33,35,45-46,50H,2-3,8-9,11,13,15,21-22,24,47H2,1H3,(H,48,52)/t30?,33?,35-/m1/s1. The minimum Gasteiger partial charge on any atom is -0.483 e. The third-order valence-electron chi connectivity index (χ3n) is 9.35. The van der Waals surface area contributed by atoms with E-state index in [1.165, 1.54) is 18.2 Å². The summed E-state index contributed by atoms with van der Waals surface area (Å²) >= 11 is 0. The van der Waals surface area contributed by atoms with Gasteiger partial charge in [0, 0.05) is 66.2 Å². The second-order valence-corrected chi connectivity index (χ2v) is 13.2. The second kappa shape index (κ2) is 18.3. The molecule has 53 heavy (non-hydrogen) atoms. The monoisotopic (exact) mass is 720 g/mol. The van der Waals surface area contributed by atoms with Crippen LogP contribution in [0.2, 0.25) is 0 Å². The highest BCUT2D eigenvalue weighted by Crippen LogP contribution is 2.38. The van der Waals surface area contributed by atoms with Crippen LogP contribution in [0.15, 0.2) is 102 Å². The first-order chi connectivity index (χ1) is 25.6. The molecular formula is C42H46F2N6O3. The Bertz CT molecular complexity index is 1960. The molecule has 1 heterocycles. The number of unbranched alkanes of at least 4 members (excludes halogenated alkanes) is 1. The fraction of sp³-hybridized carbons (Fsp3) is 0.310. The predicted octanol–water partition coefficient (Wildman–Crippen LogP) is 7.96. The van der Waals surface area contributed by atoms with Crippen LogP contribution in [0, 0.1) is 28.4 Å². The second-order valence-electron chi connectivity index (χ2n) is 13.2. The fourth-order valence-corrected chi connectivity index (χ4v) is 6.37. The molecule has 2 aromatic carbocycles. The lowest BCUT2D eigenvalue weighted by atomic mass is 9.86. The number of aliphatic imine (C=N–C) groups is 1. The number of nitrogens with two attached hydrogens (primary N) is 1. The zero-order chi connectivity index (χ0) is 37.9. The summed E-state index contributed by atoms with van der Waals surface area (Å²) in [6, 6.07) is 7.74. The summed E-state index contributed by atoms with van der Waals surface area (Å²) in [4.78, 5) is 30.2. The Morgan fingerprint density at radius 3 is 2.68 bits per heavy atom. The Kier molecular flexibility index (Phi) is 13.3. The lowest BCUT2D eigenvalue weighted by molar-refractivity contribution is -0.122. The molecule has 0 spiro atoms. The van der Waals surface area contributed by atoms with Crippen molar-refractivity contribution in [2.24, 2.45) is 16.6 Å². The van der Waals surface area contributed by atoms with Crippen molar-refractivity contribution in [1.82, 2.24) is 5.32 Å². The van der Waals surface area contributed by atoms with Crippen LogP contribution in [0.5, 0.6) is 5.75 Å². The number of nitrogens with zero attached hydrogens (tertiary/aromatic N) is 1. The Morgan fingerprint density at radius 2 is 1.92 bits per heavy atom. The summed E-state index contributed by atoms with van der Waals surface area (Å²) in [5.74, 6) is -3.04. The normalized spacial score (nSPS) is 17.6. The van der Waals surface area contributed by atoms with Crippen molar-refractivity contribution in [3.05, 3.63) is 126 Å². The van der Waals surface area contributed by atoms with Gasteiger partial charge >= 0.3 is 0 Å². The Hall–Kier alpha value is -5.55. The highest BCUT2D eigenvalue weighted by molar-refractivity contribution is 6.15. The smallest absolute Gasteiger partial charge is 0.236 e. The Labute approximate surface area is 309 Å². The number of aryl methyl sites for hydroxylation is 1. The highest BCUT2D eigenvalue weighted by Gasteiger charge is 2.31. The van der Waals surface area contributed by atoms with Crippen molar-refractivity contribution in [1.29, 1.82) is 10.8 Å². The Morgan fingerprint density at radius 1 is 1.09 bits per heavy atom. The van der Waals surface area contributed by atoms with Gasteiger partial charge in [0.05, 0.1) is 17.5 Å². The maximum absolute atomic E-state index is 15.4. The summed E-state index contributed by atoms with van der Waals surface area (Å²) in [5.41, 5.74) is 10.7. The molecule has 0 saturated heterocycles. The van der Waals surface area contributed by atoms with E-state index in [1.54, 1.807) is 24.4 Å². The highest BCUT2D eigenvalue weighted by atomic mass is 19.2. The maximum Gasteiger partial charge on any atom is 0.236 e. The van der Waals surface area contributed by atoms with Crippen molar-refractivity contribution >= 4 is 40.1 Å². The van der Waals surface area contributed by atoms with Crippen LogP contribution < -0.4 is 21.1 Å². The topological polar surface area (TPSA) is 154 Å². The average Bonchev–Trinajstić information content (AvgIpc) is 3.60. The summed E-state index contributed by atoms with van der Waals surface area (Å²) in [7, 11) is 0. The van der Waals surface area contributed by atoms with E-state index in [4.69, 9.17) is 21.3 Å². The van der Waals surface area contributed by atoms with Gasteiger partial charge in [0.2, 0.25) is 11.7 Å². The van der Waals surface area contributed by atoms with Crippen molar-refractivity contribution in [2.45, 2.75) is 70.4 Å². The molecular weight excluding hydrogens is 674 g/mol. The number of ether oxygens (including phenoxy) is 1. The lowest BCUT2D eigenvalue weighted by Gasteiger charge is -2.22. The zero-order valence-corrected chi connectivity index (χ0v) is 29.9. The maximum atomic E-state index is 15.4. The van der Waals surface area contributed by atoms with E-state index in [0.717, 1.165) is 24.1 Å². The minimum absolute atomic E-state index is 0.0704. The number of amides is 1. The van der Waals surface area contributed by atoms with E-state index in [0.29, 0.717) is 53.9 Å². The van der Waals surface area contributed by atoms with Crippen LogP contribution in [-0.4, -0.2) is 47.5 Å². The quantitative estimate of drug-likeness (QED) is 0.0566. The molecule has 2 aromatic rings. The van der Waals surface area contributed by atoms with Gasteiger partial charge in [-0.15, -0.1) is 0 Å². The molecule has 3 atom stereocenters. The van der Waals surface area contributed by atoms with Gasteiger partial charge in [0.1, 0.15) is 6.10 Å². The van der Waals surface area contributed by atoms with Gasteiger partial charge in [-0.05, 0) is 85.4 Å². The molecule has 0 radical (unpaired) electrons. The molecule has 11 heteroatoms. The molecule has 1 amide bonds. The van der Waals surface area contributed by atoms with Gasteiger partial charge in [0.15, 0.2) is 17.3 Å². The predicted molar refractivity (Wildman–Crippen MR) is 208 cm³/mol. The van der Waals surface area contributed by atoms with Crippen LogP contribution in [0.3, 0.4) is 0 Å². The van der Waals surface area contributed by atoms with Crippen molar-refractivity contribution in [3.63, 3.8) is 0 Å². The molecule has 276 valence electrons. The van der Waals surface area contributed by atoms with Crippen LogP contribution in [0.1, 0.15) is 73.4 Å². The first-order valence-corrected chi connectivity index (χ1v) is 18.0. The molecule has 3 aliphatic rings. The molecule has 6 N–H and O–H groups in total. The number of benzene rings is 2. The van der Waals surface area contributed by atoms with E-state index < -0.39 is 23.6 Å². The average molecular weight is 721 g/mol. The molecule has 0 bridgehead atoms. The molecule has 5 rings (SSSR count). The van der Waals surface area contributed by atoms with Gasteiger partial charge in [-0.25, -0.2) is 4.39 Å². The number of halogens is 2. The first-order valence-electron chi connectivity index (χ1n) is 18.0. The molecule has 0 saturated carbocycles. The molecule has 0 fully saturated rings. The number of anilines is 1. The minimum atomic E-state index is -1.04. The van der Waals surface area contributed by atoms with Gasteiger partial charge < -0.3 is 31.9 Å². The number of hydrogen-bond acceptors (Lipinski definition) is 8. The van der Waals surface area contributed by atoms with E-state index in [1.807, 2.05) is 49.4 Å². The van der Waals surface area contributed by atoms with E-state index >= 15 is 8.78 Å². The summed E-state index contributed by atoms with van der Waals surface area (Å²) in [6.07, 6.45) is 19.6. The first kappa shape index (κ1) is 38.7. The number of rotatable bonds is 19. The number of nitrogens with one attached hydrogen (secondary N) is 4. The summed E-state index contributed by atoms with van der Waals surface area (Å²) in [5, 5.41) is 22.1. The Balaban J connectivity index is 1.13. The fourth-order valence-electron chi connectivity index (χ4n) is 6.37. The number of carbonyl (C=O) groups is 2. The third kappa shape index (κ3) is 9.87. The number of carbonyl (C=O) groups excluding carboxylic acids is 2. The van der Waals surface area contributed by atoms with Gasteiger partial charge in [-0.3, -0.25) is 14.6 Å². The number of hydrogen-bond donors (Lipinski definition) is 5. The van der Waals surface area contributed by atoms with Crippen LogP contribution in [-0.2, 0) is 11.2 Å². The van der Waals surface area contributed by atoms with Crippen molar-refractivity contribution in [2.75, 3.05) is 11.9 Å². The van der Waals surface area contributed by atoms with Crippen molar-refractivity contribution < 1.29 is 23.1 Å². The summed E-state index contributed by atoms with van der Waals surface area (Å²) < 4.78 is 36.3. The lowest BCUT2D eigenvalue weighted by Crippen LogP contribution is -2.41. The number of ketones is 1. The molecule has 0 aromatic heterocycles. The molecule has 2 aliphatic carbocycles. The van der Waals surface area contributed by atoms with E-state index in [2.05, 4.69) is 22.2 Å². The van der Waals surface area contributed by atoms with Gasteiger partial charge in [0.25, 0.3) is 0 Å². The number of Topliss-reactive ketones (excluding diaryl/α,β-unsaturated/α-hetero) is 1. The van der Waals surface area contributed by atoms with E-state index in [-0.39, 0.29) is 54.2 Å². The van der Waals surface area contributed by atoms with Crippen LogP contribution >= 0.6 is 0 Å². The largest absolute Gasteiger partial charge is 0.483 e. The van der Waals surface area contributed by atoms with Crippen LogP contribution in [0.25, 0.3) is 5.57 Å². The van der Waals surface area contributed by atoms with Crippen LogP contribution in [0.4, 0.5) is 14.5 Å². The SMILES string of the molecule is C=CC(=N)CCCC[C@@H](N)C(=O)NCCC(=N)CC(=O)c1ccc(NC2=CC=CC3C(c4ccc(OC5C=CC=CC5)c(F)c4F)=CN=C23)cc1CC. The van der Waals surface area contributed by atoms with Crippen molar-refractivity contribution in [3.8, 4) is 5.75 Å². The number of allylic oxidation sites excluding steroid dienone is 8. The van der Waals surface area contributed by atoms with Gasteiger partial charge in [-0.2, -0.15) is 4.39 Å². The third-order valence-corrected chi connectivity index (χ3v) is 9.35. The molecule has 2 unspecified atom stereocenters. The molecule has 1 aliphatic heterocycles. The van der Waals surface area contributed by atoms with E-state index in [9.17, 15) is 9.59 Å². The molecule has 9 nitrogen and oxygen atoms in total.